The van der Waals surface area contributed by atoms with E-state index in [4.69, 9.17) is 9.97 Å². The van der Waals surface area contributed by atoms with Crippen LogP contribution in [0.3, 0.4) is 0 Å². The summed E-state index contributed by atoms with van der Waals surface area (Å²) in [6.45, 7) is 0. The number of fused-ring (bicyclic) bond motifs is 2. The molecule has 0 unspecified atom stereocenters. The maximum absolute atomic E-state index is 5.57. The Bertz CT molecular complexity index is 2400. The van der Waals surface area contributed by atoms with Gasteiger partial charge in [0.1, 0.15) is 0 Å². The number of benzene rings is 7. The van der Waals surface area contributed by atoms with E-state index in [0.29, 0.717) is 0 Å². The normalized spacial score (nSPS) is 11.2. The quantitative estimate of drug-likeness (QED) is 0.170. The Morgan fingerprint density at radius 3 is 0.740 bits per heavy atom. The minimum absolute atomic E-state index is 0.958. The summed E-state index contributed by atoms with van der Waals surface area (Å²) in [5.41, 5.74) is 12.6. The van der Waals surface area contributed by atoms with E-state index in [1.54, 1.807) is 0 Å². The molecule has 50 heavy (non-hydrogen) atoms. The van der Waals surface area contributed by atoms with E-state index in [-0.39, 0.29) is 0 Å². The van der Waals surface area contributed by atoms with Gasteiger partial charge in [-0.05, 0) is 34.0 Å². The zero-order valence-corrected chi connectivity index (χ0v) is 27.4. The van der Waals surface area contributed by atoms with Crippen LogP contribution in [0.25, 0.3) is 88.8 Å². The van der Waals surface area contributed by atoms with Crippen molar-refractivity contribution in [2.24, 2.45) is 0 Å². The fourth-order valence-electron chi connectivity index (χ4n) is 7.15. The fraction of sp³-hybridized carbons (Fsp3) is 0. The molecule has 0 bridgehead atoms. The standard InChI is InChI=1S/C48H32N2/c1-7-19-33(20-8-1)43-39-31-42-40(32-41(39)45(35-23-11-3-12-24-35)49-47(43)37-27-15-5-16-28-37)44(34-21-9-2-10-22-34)48(38-29-17-6-18-30-38)50-46(42)36-25-13-4-14-26-36/h1-32H. The summed E-state index contributed by atoms with van der Waals surface area (Å²) in [6.07, 6.45) is 0. The minimum atomic E-state index is 0.958. The molecule has 2 heterocycles. The van der Waals surface area contributed by atoms with Crippen LogP contribution < -0.4 is 0 Å². The highest BCUT2D eigenvalue weighted by Crippen LogP contribution is 2.47. The Balaban J connectivity index is 1.52. The number of hydrogen-bond donors (Lipinski definition) is 0. The van der Waals surface area contributed by atoms with Crippen LogP contribution in [0.15, 0.2) is 194 Å². The van der Waals surface area contributed by atoms with E-state index in [2.05, 4.69) is 194 Å². The summed E-state index contributed by atoms with van der Waals surface area (Å²) in [6, 6.07) is 68.4. The average molecular weight is 637 g/mol. The highest BCUT2D eigenvalue weighted by Gasteiger charge is 2.23. The second-order valence-corrected chi connectivity index (χ2v) is 12.5. The van der Waals surface area contributed by atoms with Crippen LogP contribution in [0.1, 0.15) is 0 Å². The number of nitrogens with zero attached hydrogens (tertiary/aromatic N) is 2. The molecule has 9 rings (SSSR count). The molecule has 0 N–H and O–H groups in total. The fourth-order valence-corrected chi connectivity index (χ4v) is 7.15. The van der Waals surface area contributed by atoms with Crippen molar-refractivity contribution in [3.8, 4) is 67.3 Å². The van der Waals surface area contributed by atoms with Crippen LogP contribution in [0, 0.1) is 0 Å². The number of hydrogen-bond acceptors (Lipinski definition) is 2. The van der Waals surface area contributed by atoms with Crippen molar-refractivity contribution < 1.29 is 0 Å². The summed E-state index contributed by atoms with van der Waals surface area (Å²) in [7, 11) is 0. The lowest BCUT2D eigenvalue weighted by Crippen LogP contribution is -1.99. The van der Waals surface area contributed by atoms with E-state index in [1.165, 1.54) is 0 Å². The number of pyridine rings is 2. The molecule has 9 aromatic rings. The highest BCUT2D eigenvalue weighted by atomic mass is 14.7. The van der Waals surface area contributed by atoms with E-state index >= 15 is 0 Å². The molecule has 0 aliphatic carbocycles. The lowest BCUT2D eigenvalue weighted by atomic mass is 9.86. The number of rotatable bonds is 6. The first kappa shape index (κ1) is 29.5. The molecule has 2 heteroatoms. The first-order valence-corrected chi connectivity index (χ1v) is 17.0. The summed E-state index contributed by atoms with van der Waals surface area (Å²) in [5.74, 6) is 0. The number of aromatic nitrogens is 2. The summed E-state index contributed by atoms with van der Waals surface area (Å²) in [5, 5.41) is 4.48. The van der Waals surface area contributed by atoms with Gasteiger partial charge in [0.15, 0.2) is 0 Å². The van der Waals surface area contributed by atoms with Crippen LogP contribution in [0.5, 0.6) is 0 Å². The third-order valence-electron chi connectivity index (χ3n) is 9.44. The third kappa shape index (κ3) is 5.24. The van der Waals surface area contributed by atoms with Crippen LogP contribution in [-0.2, 0) is 0 Å². The van der Waals surface area contributed by atoms with E-state index in [9.17, 15) is 0 Å². The molecular weight excluding hydrogens is 605 g/mol. The molecule has 0 saturated carbocycles. The largest absolute Gasteiger partial charge is 0.246 e. The van der Waals surface area contributed by atoms with Gasteiger partial charge in [-0.2, -0.15) is 0 Å². The van der Waals surface area contributed by atoms with Gasteiger partial charge in [-0.15, -0.1) is 0 Å². The smallest absolute Gasteiger partial charge is 0.0794 e. The van der Waals surface area contributed by atoms with Gasteiger partial charge in [0.2, 0.25) is 0 Å². The van der Waals surface area contributed by atoms with Crippen LogP contribution >= 0.6 is 0 Å². The molecule has 234 valence electrons. The van der Waals surface area contributed by atoms with Crippen LogP contribution in [-0.4, -0.2) is 9.97 Å². The topological polar surface area (TPSA) is 25.8 Å². The van der Waals surface area contributed by atoms with Crippen molar-refractivity contribution in [2.75, 3.05) is 0 Å². The van der Waals surface area contributed by atoms with Crippen molar-refractivity contribution in [1.82, 2.24) is 9.97 Å². The van der Waals surface area contributed by atoms with Gasteiger partial charge < -0.3 is 0 Å². The predicted octanol–water partition coefficient (Wildman–Crippen LogP) is 12.8. The van der Waals surface area contributed by atoms with Crippen LogP contribution in [0.4, 0.5) is 0 Å². The SMILES string of the molecule is c1ccc(-c2nc(-c3ccccc3)c3cc4c(-c5ccccc5)c(-c5ccccc5)nc(-c5ccccc5)c4cc3c2-c2ccccc2)cc1. The molecule has 0 atom stereocenters. The summed E-state index contributed by atoms with van der Waals surface area (Å²) in [4.78, 5) is 11.1. The molecule has 0 aliphatic rings. The first-order valence-electron chi connectivity index (χ1n) is 17.0. The first-order chi connectivity index (χ1) is 24.8. The molecular formula is C48H32N2. The lowest BCUT2D eigenvalue weighted by Gasteiger charge is -2.21. The zero-order valence-electron chi connectivity index (χ0n) is 27.4. The Kier molecular flexibility index (Phi) is 7.53. The van der Waals surface area contributed by atoms with Crippen molar-refractivity contribution in [3.63, 3.8) is 0 Å². The molecule has 0 radical (unpaired) electrons. The van der Waals surface area contributed by atoms with Gasteiger partial charge in [-0.1, -0.05) is 182 Å². The van der Waals surface area contributed by atoms with Crippen molar-refractivity contribution in [3.05, 3.63) is 194 Å². The van der Waals surface area contributed by atoms with E-state index in [1.807, 2.05) is 0 Å². The Morgan fingerprint density at radius 1 is 0.220 bits per heavy atom. The third-order valence-corrected chi connectivity index (χ3v) is 9.44. The molecule has 0 spiro atoms. The molecule has 0 aliphatic heterocycles. The van der Waals surface area contributed by atoms with Gasteiger partial charge in [-0.3, -0.25) is 0 Å². The van der Waals surface area contributed by atoms with Gasteiger partial charge >= 0.3 is 0 Å². The van der Waals surface area contributed by atoms with Crippen molar-refractivity contribution >= 4 is 21.5 Å². The average Bonchev–Trinajstić information content (AvgIpc) is 3.21. The minimum Gasteiger partial charge on any atom is -0.246 e. The van der Waals surface area contributed by atoms with E-state index < -0.39 is 0 Å². The molecule has 0 fully saturated rings. The lowest BCUT2D eigenvalue weighted by molar-refractivity contribution is 1.34. The summed E-state index contributed by atoms with van der Waals surface area (Å²) < 4.78 is 0. The Morgan fingerprint density at radius 2 is 0.460 bits per heavy atom. The molecule has 0 amide bonds. The Labute approximate surface area is 292 Å². The van der Waals surface area contributed by atoms with Gasteiger partial charge in [0, 0.05) is 44.2 Å². The molecule has 2 aromatic heterocycles. The molecule has 7 aromatic carbocycles. The van der Waals surface area contributed by atoms with Gasteiger partial charge in [0.05, 0.1) is 22.8 Å². The van der Waals surface area contributed by atoms with Crippen molar-refractivity contribution in [2.45, 2.75) is 0 Å². The second-order valence-electron chi connectivity index (χ2n) is 12.5. The zero-order chi connectivity index (χ0) is 33.3. The Hall–Kier alpha value is -6.64. The van der Waals surface area contributed by atoms with Crippen molar-refractivity contribution in [1.29, 1.82) is 0 Å². The molecule has 0 saturated heterocycles. The maximum Gasteiger partial charge on any atom is 0.0794 e. The molecule has 2 nitrogen and oxygen atoms in total. The highest BCUT2D eigenvalue weighted by molar-refractivity contribution is 6.18. The van der Waals surface area contributed by atoms with Gasteiger partial charge in [0.25, 0.3) is 0 Å². The summed E-state index contributed by atoms with van der Waals surface area (Å²) >= 11 is 0. The maximum atomic E-state index is 5.57. The predicted molar refractivity (Wildman–Crippen MR) is 210 cm³/mol. The van der Waals surface area contributed by atoms with Crippen LogP contribution in [0.2, 0.25) is 0 Å². The second kappa shape index (κ2) is 12.8. The monoisotopic (exact) mass is 636 g/mol. The van der Waals surface area contributed by atoms with Gasteiger partial charge in [-0.25, -0.2) is 9.97 Å². The van der Waals surface area contributed by atoms with E-state index in [0.717, 1.165) is 88.8 Å².